The summed E-state index contributed by atoms with van der Waals surface area (Å²) in [4.78, 5) is 18.7. The molecule has 2 saturated heterocycles. The van der Waals surface area contributed by atoms with Gasteiger partial charge in [-0.3, -0.25) is 5.43 Å². The van der Waals surface area contributed by atoms with Crippen molar-refractivity contribution in [2.75, 3.05) is 13.7 Å². The summed E-state index contributed by atoms with van der Waals surface area (Å²) in [6.45, 7) is 1.08. The third-order valence-corrected chi connectivity index (χ3v) is 7.05. The van der Waals surface area contributed by atoms with E-state index in [2.05, 4.69) is 21.2 Å². The number of hydrogen-bond acceptors (Lipinski definition) is 5. The predicted molar refractivity (Wildman–Crippen MR) is 114 cm³/mol. The SMILES string of the molecule is COc1cc(C2NNC3CC4NC(=O)N(Cc5ccc(F)c(Cl)c5)CC4CC32)ccn1. The molecule has 0 spiro atoms. The van der Waals surface area contributed by atoms with E-state index in [4.69, 9.17) is 16.3 Å². The molecule has 5 atom stereocenters. The van der Waals surface area contributed by atoms with Crippen molar-refractivity contribution < 1.29 is 13.9 Å². The van der Waals surface area contributed by atoms with Crippen LogP contribution in [0.2, 0.25) is 5.02 Å². The van der Waals surface area contributed by atoms with E-state index >= 15 is 0 Å². The van der Waals surface area contributed by atoms with E-state index in [1.165, 1.54) is 6.07 Å². The van der Waals surface area contributed by atoms with Gasteiger partial charge in [-0.15, -0.1) is 0 Å². The lowest BCUT2D eigenvalue weighted by Crippen LogP contribution is -2.60. The fourth-order valence-corrected chi connectivity index (χ4v) is 5.41. The molecule has 1 saturated carbocycles. The van der Waals surface area contributed by atoms with Crippen LogP contribution in [0.1, 0.15) is 30.0 Å². The Morgan fingerprint density at radius 1 is 1.23 bits per heavy atom. The van der Waals surface area contributed by atoms with E-state index in [9.17, 15) is 9.18 Å². The Labute approximate surface area is 185 Å². The standard InChI is InChI=1S/C22H25ClFN5O2/c1-31-20-8-13(4-5-25-20)21-15-7-14-11-29(10-12-2-3-17(24)16(23)6-12)22(30)26-18(14)9-19(15)27-28-21/h2-6,8,14-15,18-19,21,27-28H,7,9-11H2,1H3,(H,26,30). The van der Waals surface area contributed by atoms with Gasteiger partial charge in [0.2, 0.25) is 5.88 Å². The highest BCUT2D eigenvalue weighted by Gasteiger charge is 2.47. The predicted octanol–water partition coefficient (Wildman–Crippen LogP) is 3.02. The van der Waals surface area contributed by atoms with Gasteiger partial charge < -0.3 is 15.0 Å². The second-order valence-electron chi connectivity index (χ2n) is 8.58. The fourth-order valence-electron chi connectivity index (χ4n) is 5.21. The van der Waals surface area contributed by atoms with Crippen LogP contribution in [0.15, 0.2) is 36.5 Å². The molecule has 5 rings (SSSR count). The summed E-state index contributed by atoms with van der Waals surface area (Å²) in [5, 5.41) is 3.26. The molecule has 0 bridgehead atoms. The maximum absolute atomic E-state index is 13.5. The number of nitrogens with zero attached hydrogens (tertiary/aromatic N) is 2. The molecule has 5 unspecified atom stereocenters. The van der Waals surface area contributed by atoms with Gasteiger partial charge in [0.1, 0.15) is 5.82 Å². The second-order valence-corrected chi connectivity index (χ2v) is 8.99. The zero-order chi connectivity index (χ0) is 21.5. The third-order valence-electron chi connectivity index (χ3n) is 6.76. The quantitative estimate of drug-likeness (QED) is 0.674. The van der Waals surface area contributed by atoms with Gasteiger partial charge in [0, 0.05) is 37.4 Å². The average molecular weight is 446 g/mol. The minimum absolute atomic E-state index is 0.0760. The van der Waals surface area contributed by atoms with Crippen LogP contribution < -0.4 is 20.9 Å². The highest BCUT2D eigenvalue weighted by atomic mass is 35.5. The molecule has 2 aliphatic heterocycles. The maximum Gasteiger partial charge on any atom is 0.317 e. The van der Waals surface area contributed by atoms with Crippen molar-refractivity contribution in [1.29, 1.82) is 0 Å². The van der Waals surface area contributed by atoms with Gasteiger partial charge in [0.15, 0.2) is 0 Å². The molecule has 2 amide bonds. The summed E-state index contributed by atoms with van der Waals surface area (Å²) in [7, 11) is 1.62. The molecule has 3 fully saturated rings. The van der Waals surface area contributed by atoms with Gasteiger partial charge in [0.05, 0.1) is 18.2 Å². The molecule has 9 heteroatoms. The van der Waals surface area contributed by atoms with Crippen LogP contribution in [0, 0.1) is 17.7 Å². The highest BCUT2D eigenvalue weighted by molar-refractivity contribution is 6.30. The monoisotopic (exact) mass is 445 g/mol. The van der Waals surface area contributed by atoms with E-state index in [1.807, 2.05) is 12.1 Å². The molecule has 31 heavy (non-hydrogen) atoms. The van der Waals surface area contributed by atoms with E-state index in [0.717, 1.165) is 24.0 Å². The molecule has 1 aliphatic carbocycles. The summed E-state index contributed by atoms with van der Waals surface area (Å²) >= 11 is 5.91. The molecule has 3 aliphatic rings. The van der Waals surface area contributed by atoms with E-state index in [-0.39, 0.29) is 29.2 Å². The normalized spacial score (nSPS) is 29.8. The lowest BCUT2D eigenvalue weighted by atomic mass is 9.71. The smallest absolute Gasteiger partial charge is 0.317 e. The van der Waals surface area contributed by atoms with Crippen molar-refractivity contribution >= 4 is 17.6 Å². The number of carbonyl (C=O) groups is 1. The first-order chi connectivity index (χ1) is 15.0. The van der Waals surface area contributed by atoms with Crippen molar-refractivity contribution in [1.82, 2.24) is 26.1 Å². The van der Waals surface area contributed by atoms with Crippen molar-refractivity contribution in [2.45, 2.75) is 37.5 Å². The van der Waals surface area contributed by atoms with E-state index < -0.39 is 5.82 Å². The molecular weight excluding hydrogens is 421 g/mol. The number of fused-ring (bicyclic) bond motifs is 2. The first-order valence-electron chi connectivity index (χ1n) is 10.5. The van der Waals surface area contributed by atoms with Crippen LogP contribution in [0.5, 0.6) is 5.88 Å². The third kappa shape index (κ3) is 3.95. The van der Waals surface area contributed by atoms with Crippen molar-refractivity contribution in [3.05, 3.63) is 58.5 Å². The molecule has 0 radical (unpaired) electrons. The number of halogens is 2. The summed E-state index contributed by atoms with van der Waals surface area (Å²) < 4.78 is 18.8. The average Bonchev–Trinajstić information content (AvgIpc) is 3.18. The Hall–Kier alpha value is -2.42. The minimum Gasteiger partial charge on any atom is -0.481 e. The van der Waals surface area contributed by atoms with Crippen LogP contribution in [0.25, 0.3) is 0 Å². The fraction of sp³-hybridized carbons (Fsp3) is 0.455. The van der Waals surface area contributed by atoms with Crippen LogP contribution >= 0.6 is 11.6 Å². The number of benzene rings is 1. The Kier molecular flexibility index (Phi) is 5.45. The molecule has 164 valence electrons. The van der Waals surface area contributed by atoms with Crippen LogP contribution in [-0.4, -0.2) is 41.7 Å². The summed E-state index contributed by atoms with van der Waals surface area (Å²) in [6.07, 6.45) is 3.62. The topological polar surface area (TPSA) is 78.5 Å². The number of ether oxygens (including phenoxy) is 1. The second kappa shape index (κ2) is 8.26. The van der Waals surface area contributed by atoms with Crippen LogP contribution in [0.4, 0.5) is 9.18 Å². The van der Waals surface area contributed by atoms with Gasteiger partial charge in [-0.05, 0) is 54.0 Å². The molecule has 1 aromatic heterocycles. The van der Waals surface area contributed by atoms with Crippen molar-refractivity contribution in [3.63, 3.8) is 0 Å². The Morgan fingerprint density at radius 2 is 2.10 bits per heavy atom. The Bertz CT molecular complexity index is 992. The number of methoxy groups -OCH3 is 1. The summed E-state index contributed by atoms with van der Waals surface area (Å²) in [5.41, 5.74) is 8.83. The number of pyridine rings is 1. The van der Waals surface area contributed by atoms with Gasteiger partial charge >= 0.3 is 6.03 Å². The Balaban J connectivity index is 1.31. The van der Waals surface area contributed by atoms with Crippen LogP contribution in [0.3, 0.4) is 0 Å². The van der Waals surface area contributed by atoms with Gasteiger partial charge in [-0.2, -0.15) is 0 Å². The summed E-state index contributed by atoms with van der Waals surface area (Å²) in [5.74, 6) is 0.880. The number of carbonyl (C=O) groups excluding carboxylic acids is 1. The molecule has 1 aromatic carbocycles. The maximum atomic E-state index is 13.5. The number of urea groups is 1. The molecule has 2 aromatic rings. The number of hydrogen-bond donors (Lipinski definition) is 3. The van der Waals surface area contributed by atoms with Crippen molar-refractivity contribution in [3.8, 4) is 5.88 Å². The number of nitrogens with one attached hydrogen (secondary N) is 3. The number of aromatic nitrogens is 1. The summed E-state index contributed by atoms with van der Waals surface area (Å²) in [6, 6.07) is 9.10. The number of hydrazine groups is 1. The zero-order valence-corrected chi connectivity index (χ0v) is 17.9. The van der Waals surface area contributed by atoms with Crippen molar-refractivity contribution in [2.24, 2.45) is 11.8 Å². The van der Waals surface area contributed by atoms with Gasteiger partial charge in [-0.1, -0.05) is 17.7 Å². The first kappa shape index (κ1) is 20.5. The first-order valence-corrected chi connectivity index (χ1v) is 10.9. The molecular formula is C22H25ClFN5O2. The highest BCUT2D eigenvalue weighted by Crippen LogP contribution is 2.42. The Morgan fingerprint density at radius 3 is 2.90 bits per heavy atom. The molecule has 3 N–H and O–H groups in total. The number of amides is 2. The molecule has 3 heterocycles. The van der Waals surface area contributed by atoms with Gasteiger partial charge in [-0.25, -0.2) is 19.6 Å². The number of rotatable bonds is 4. The molecule has 7 nitrogen and oxygen atoms in total. The largest absolute Gasteiger partial charge is 0.481 e. The van der Waals surface area contributed by atoms with Gasteiger partial charge in [0.25, 0.3) is 0 Å². The lowest BCUT2D eigenvalue weighted by molar-refractivity contribution is 0.0961. The van der Waals surface area contributed by atoms with Crippen LogP contribution in [-0.2, 0) is 6.54 Å². The minimum atomic E-state index is -0.452. The zero-order valence-electron chi connectivity index (χ0n) is 17.1. The van der Waals surface area contributed by atoms with E-state index in [0.29, 0.717) is 30.8 Å². The lowest BCUT2D eigenvalue weighted by Gasteiger charge is -2.45. The van der Waals surface area contributed by atoms with E-state index in [1.54, 1.807) is 30.3 Å².